The summed E-state index contributed by atoms with van der Waals surface area (Å²) in [5, 5.41) is 8.91. The normalized spacial score (nSPS) is 27.7. The van der Waals surface area contributed by atoms with E-state index in [2.05, 4.69) is 17.0 Å². The lowest BCUT2D eigenvalue weighted by Gasteiger charge is -2.34. The first-order valence-corrected chi connectivity index (χ1v) is 17.0. The lowest BCUT2D eigenvalue weighted by atomic mass is 9.98. The minimum atomic E-state index is -0.898. The summed E-state index contributed by atoms with van der Waals surface area (Å²) in [5.74, 6) is 2.86. The molecule has 7 rings (SSSR count). The second kappa shape index (κ2) is 13.9. The van der Waals surface area contributed by atoms with E-state index in [1.807, 2.05) is 50.2 Å². The van der Waals surface area contributed by atoms with E-state index in [0.717, 1.165) is 42.1 Å². The number of carbonyl (C=O) groups excluding carboxylic acids is 1. The van der Waals surface area contributed by atoms with Gasteiger partial charge in [0.1, 0.15) is 23.6 Å². The molecule has 4 heterocycles. The molecule has 0 bridgehead atoms. The maximum Gasteiger partial charge on any atom is 0.412 e. The van der Waals surface area contributed by atoms with E-state index in [1.54, 1.807) is 4.90 Å². The number of hydrogen-bond acceptors (Lipinski definition) is 10. The number of fused-ring (bicyclic) bond motifs is 2. The van der Waals surface area contributed by atoms with Gasteiger partial charge in [-0.15, -0.1) is 0 Å². The SMILES string of the molecule is CC1(C)O[C@H](CN(Cc2ccc3c(c2)OCO3)CC2CCCC2)[C@H](Cc2ccc(OCC#N)cc2)N1C(=O)O[C@H]1CO[C@H]2OCC[C@H]21. The van der Waals surface area contributed by atoms with Crippen LogP contribution in [-0.4, -0.2) is 85.9 Å². The quantitative estimate of drug-likeness (QED) is 0.320. The van der Waals surface area contributed by atoms with Crippen molar-refractivity contribution in [3.05, 3.63) is 53.6 Å². The van der Waals surface area contributed by atoms with Gasteiger partial charge in [-0.3, -0.25) is 9.80 Å². The van der Waals surface area contributed by atoms with Gasteiger partial charge in [-0.1, -0.05) is 31.0 Å². The molecular weight excluding hydrogens is 602 g/mol. The van der Waals surface area contributed by atoms with Crippen molar-refractivity contribution in [1.29, 1.82) is 5.26 Å². The molecule has 11 heteroatoms. The van der Waals surface area contributed by atoms with E-state index >= 15 is 0 Å². The molecule has 5 aliphatic rings. The first kappa shape index (κ1) is 32.0. The molecule has 0 radical (unpaired) electrons. The van der Waals surface area contributed by atoms with E-state index in [0.29, 0.717) is 37.8 Å². The molecule has 1 saturated carbocycles. The summed E-state index contributed by atoms with van der Waals surface area (Å²) in [7, 11) is 0. The van der Waals surface area contributed by atoms with Crippen LogP contribution in [0.25, 0.3) is 0 Å². The largest absolute Gasteiger partial charge is 0.479 e. The highest BCUT2D eigenvalue weighted by atomic mass is 16.7. The minimum Gasteiger partial charge on any atom is -0.479 e. The van der Waals surface area contributed by atoms with Crippen molar-refractivity contribution < 1.29 is 38.0 Å². The molecule has 47 heavy (non-hydrogen) atoms. The van der Waals surface area contributed by atoms with Gasteiger partial charge in [0.2, 0.25) is 6.79 Å². The maximum atomic E-state index is 14.1. The van der Waals surface area contributed by atoms with Crippen LogP contribution in [0.5, 0.6) is 17.2 Å². The number of nitriles is 1. The average Bonchev–Trinajstić information content (AvgIpc) is 3.88. The molecule has 2 aromatic carbocycles. The van der Waals surface area contributed by atoms with Gasteiger partial charge in [0, 0.05) is 19.6 Å². The Kier molecular flexibility index (Phi) is 9.46. The summed E-state index contributed by atoms with van der Waals surface area (Å²) in [5.41, 5.74) is 1.29. The van der Waals surface area contributed by atoms with E-state index in [9.17, 15) is 4.79 Å². The van der Waals surface area contributed by atoms with Crippen LogP contribution in [-0.2, 0) is 31.9 Å². The molecule has 1 aliphatic carbocycles. The van der Waals surface area contributed by atoms with Gasteiger partial charge < -0.3 is 33.2 Å². The molecule has 2 aromatic rings. The number of rotatable bonds is 11. The summed E-state index contributed by atoms with van der Waals surface area (Å²) in [6, 6.07) is 15.6. The van der Waals surface area contributed by atoms with Crippen molar-refractivity contribution in [2.24, 2.45) is 11.8 Å². The Labute approximate surface area is 276 Å². The van der Waals surface area contributed by atoms with Crippen LogP contribution < -0.4 is 14.2 Å². The first-order valence-electron chi connectivity index (χ1n) is 17.0. The number of benzene rings is 2. The van der Waals surface area contributed by atoms with Gasteiger partial charge in [0.25, 0.3) is 0 Å². The zero-order valence-electron chi connectivity index (χ0n) is 27.3. The number of nitrogens with zero attached hydrogens (tertiary/aromatic N) is 3. The Hall–Kier alpha value is -3.56. The van der Waals surface area contributed by atoms with Gasteiger partial charge in [0.15, 0.2) is 24.4 Å². The summed E-state index contributed by atoms with van der Waals surface area (Å²) in [4.78, 5) is 18.4. The van der Waals surface area contributed by atoms with Crippen LogP contribution in [0.1, 0.15) is 57.1 Å². The molecule has 0 spiro atoms. The molecule has 3 saturated heterocycles. The Balaban J connectivity index is 1.14. The fourth-order valence-electron chi connectivity index (χ4n) is 7.93. The van der Waals surface area contributed by atoms with Gasteiger partial charge in [-0.2, -0.15) is 5.26 Å². The second-order valence-electron chi connectivity index (χ2n) is 13.8. The first-order chi connectivity index (χ1) is 22.9. The van der Waals surface area contributed by atoms with E-state index in [4.69, 9.17) is 38.4 Å². The molecular formula is C36H45N3O8. The third kappa shape index (κ3) is 7.16. The van der Waals surface area contributed by atoms with Gasteiger partial charge in [-0.25, -0.2) is 4.79 Å². The molecule has 252 valence electrons. The zero-order valence-corrected chi connectivity index (χ0v) is 27.3. The molecule has 0 N–H and O–H groups in total. The molecule has 4 aliphatic heterocycles. The highest BCUT2D eigenvalue weighted by Crippen LogP contribution is 2.39. The average molecular weight is 648 g/mol. The van der Waals surface area contributed by atoms with Gasteiger partial charge in [-0.05, 0) is 80.8 Å². The zero-order chi connectivity index (χ0) is 32.4. The van der Waals surface area contributed by atoms with E-state index in [-0.39, 0.29) is 43.9 Å². The molecule has 5 atom stereocenters. The predicted octanol–water partition coefficient (Wildman–Crippen LogP) is 5.26. The highest BCUT2D eigenvalue weighted by Gasteiger charge is 2.53. The minimum absolute atomic E-state index is 0.0103. The second-order valence-corrected chi connectivity index (χ2v) is 13.8. The lowest BCUT2D eigenvalue weighted by Crippen LogP contribution is -2.51. The van der Waals surface area contributed by atoms with E-state index in [1.165, 1.54) is 25.7 Å². The predicted molar refractivity (Wildman–Crippen MR) is 170 cm³/mol. The van der Waals surface area contributed by atoms with Crippen molar-refractivity contribution in [1.82, 2.24) is 9.80 Å². The summed E-state index contributed by atoms with van der Waals surface area (Å²) in [6.07, 6.45) is 5.05. The Bertz CT molecular complexity index is 1440. The number of ether oxygens (including phenoxy) is 7. The van der Waals surface area contributed by atoms with Crippen molar-refractivity contribution in [3.8, 4) is 23.3 Å². The van der Waals surface area contributed by atoms with E-state index < -0.39 is 11.8 Å². The van der Waals surface area contributed by atoms with Gasteiger partial charge >= 0.3 is 6.09 Å². The van der Waals surface area contributed by atoms with Crippen LogP contribution in [0.3, 0.4) is 0 Å². The van der Waals surface area contributed by atoms with Crippen molar-refractivity contribution in [2.75, 3.05) is 39.7 Å². The Morgan fingerprint density at radius 3 is 2.62 bits per heavy atom. The van der Waals surface area contributed by atoms with Crippen LogP contribution in [0.4, 0.5) is 4.79 Å². The Morgan fingerprint density at radius 1 is 1.02 bits per heavy atom. The topological polar surface area (TPSA) is 112 Å². The molecule has 0 aromatic heterocycles. The fraction of sp³-hybridized carbons (Fsp3) is 0.611. The van der Waals surface area contributed by atoms with Crippen molar-refractivity contribution in [2.45, 2.75) is 89.2 Å². The van der Waals surface area contributed by atoms with Crippen LogP contribution in [0.2, 0.25) is 0 Å². The van der Waals surface area contributed by atoms with Crippen molar-refractivity contribution in [3.63, 3.8) is 0 Å². The standard InChI is InChI=1S/C36H45N3O8/c1-36(2)39(35(40)46-33-22-43-34-28(33)13-15-42-34)29(17-24-7-10-27(11-8-24)41-16-14-37)32(47-36)21-38(19-25-5-3-4-6-25)20-26-9-12-30-31(18-26)45-23-44-30/h7-12,18,25,28-29,32-34H,3-6,13,15-17,19-23H2,1-2H3/t28-,29-,32+,33-,34+/m0/s1. The van der Waals surface area contributed by atoms with Crippen LogP contribution in [0, 0.1) is 23.2 Å². The smallest absolute Gasteiger partial charge is 0.412 e. The number of hydrogen-bond donors (Lipinski definition) is 0. The summed E-state index contributed by atoms with van der Waals surface area (Å²) in [6.45, 7) is 7.42. The molecule has 11 nitrogen and oxygen atoms in total. The third-order valence-corrected chi connectivity index (χ3v) is 10.2. The van der Waals surface area contributed by atoms with Crippen LogP contribution >= 0.6 is 0 Å². The lowest BCUT2D eigenvalue weighted by molar-refractivity contribution is -0.0912. The molecule has 4 fully saturated rings. The molecule has 0 unspecified atom stereocenters. The van der Waals surface area contributed by atoms with Crippen LogP contribution in [0.15, 0.2) is 42.5 Å². The van der Waals surface area contributed by atoms with Gasteiger partial charge in [0.05, 0.1) is 31.3 Å². The fourth-order valence-corrected chi connectivity index (χ4v) is 7.93. The van der Waals surface area contributed by atoms with Crippen molar-refractivity contribution >= 4 is 6.09 Å². The summed E-state index contributed by atoms with van der Waals surface area (Å²) >= 11 is 0. The number of carbonyl (C=O) groups is 1. The highest BCUT2D eigenvalue weighted by molar-refractivity contribution is 5.70. The summed E-state index contributed by atoms with van der Waals surface area (Å²) < 4.78 is 41.2. The number of amides is 1. The Morgan fingerprint density at radius 2 is 1.81 bits per heavy atom. The maximum absolute atomic E-state index is 14.1. The third-order valence-electron chi connectivity index (χ3n) is 10.2. The monoisotopic (exact) mass is 647 g/mol. The molecule has 1 amide bonds.